The van der Waals surface area contributed by atoms with Crippen molar-refractivity contribution in [1.82, 2.24) is 15.0 Å². The Morgan fingerprint density at radius 2 is 2.14 bits per heavy atom. The number of hydrogen-bond donors (Lipinski definition) is 2. The van der Waals surface area contributed by atoms with Crippen molar-refractivity contribution in [3.8, 4) is 0 Å². The molecule has 0 spiro atoms. The lowest BCUT2D eigenvalue weighted by atomic mass is 10.1. The van der Waals surface area contributed by atoms with Gasteiger partial charge in [0.25, 0.3) is 5.56 Å². The van der Waals surface area contributed by atoms with Crippen LogP contribution in [0.5, 0.6) is 0 Å². The Bertz CT molecular complexity index is 882. The maximum absolute atomic E-state index is 12.4. The number of aromatic amines is 2. The SMILES string of the molecule is CCc1cc(=O)[nH]c(SCC(=O)c2c[nH]c3ccccc23)n1. The van der Waals surface area contributed by atoms with Crippen LogP contribution in [0.2, 0.25) is 0 Å². The number of nitrogens with zero attached hydrogens (tertiary/aromatic N) is 1. The van der Waals surface area contributed by atoms with E-state index in [1.54, 1.807) is 6.20 Å². The number of fused-ring (bicyclic) bond motifs is 1. The molecule has 0 aliphatic heterocycles. The smallest absolute Gasteiger partial charge is 0.251 e. The summed E-state index contributed by atoms with van der Waals surface area (Å²) >= 11 is 1.25. The zero-order chi connectivity index (χ0) is 15.5. The van der Waals surface area contributed by atoms with Crippen LogP contribution in [0.1, 0.15) is 23.0 Å². The summed E-state index contributed by atoms with van der Waals surface area (Å²) in [5.74, 6) is 0.241. The number of ketones is 1. The van der Waals surface area contributed by atoms with Gasteiger partial charge >= 0.3 is 0 Å². The molecule has 22 heavy (non-hydrogen) atoms. The van der Waals surface area contributed by atoms with Gasteiger partial charge in [-0.15, -0.1) is 0 Å². The van der Waals surface area contributed by atoms with Crippen molar-refractivity contribution in [3.63, 3.8) is 0 Å². The Morgan fingerprint density at radius 3 is 2.95 bits per heavy atom. The lowest BCUT2D eigenvalue weighted by molar-refractivity contribution is 0.102. The Hall–Kier alpha value is -2.34. The van der Waals surface area contributed by atoms with Gasteiger partial charge in [-0.3, -0.25) is 9.59 Å². The van der Waals surface area contributed by atoms with Gasteiger partial charge in [-0.05, 0) is 12.5 Å². The maximum Gasteiger partial charge on any atom is 0.251 e. The molecule has 0 unspecified atom stereocenters. The molecule has 3 aromatic rings. The van der Waals surface area contributed by atoms with Gasteiger partial charge in [-0.2, -0.15) is 0 Å². The number of thioether (sulfide) groups is 1. The molecule has 2 N–H and O–H groups in total. The molecule has 0 saturated heterocycles. The van der Waals surface area contributed by atoms with Gasteiger partial charge in [-0.1, -0.05) is 36.9 Å². The van der Waals surface area contributed by atoms with Crippen LogP contribution < -0.4 is 5.56 Å². The molecule has 6 heteroatoms. The third-order valence-corrected chi connectivity index (χ3v) is 4.24. The molecule has 0 aliphatic carbocycles. The van der Waals surface area contributed by atoms with Crippen LogP contribution >= 0.6 is 11.8 Å². The largest absolute Gasteiger partial charge is 0.360 e. The molecule has 1 aromatic carbocycles. The first kappa shape index (κ1) is 14.6. The predicted octanol–water partition coefficient (Wildman–Crippen LogP) is 2.79. The summed E-state index contributed by atoms with van der Waals surface area (Å²) in [6, 6.07) is 9.16. The number of nitrogens with one attached hydrogen (secondary N) is 2. The number of rotatable bonds is 5. The van der Waals surface area contributed by atoms with E-state index in [1.165, 1.54) is 17.8 Å². The number of aromatic nitrogens is 3. The fourth-order valence-corrected chi connectivity index (χ4v) is 3.02. The highest BCUT2D eigenvalue weighted by atomic mass is 32.2. The van der Waals surface area contributed by atoms with Gasteiger partial charge in [0.2, 0.25) is 0 Å². The highest BCUT2D eigenvalue weighted by Crippen LogP contribution is 2.21. The number of aryl methyl sites for hydroxylation is 1. The van der Waals surface area contributed by atoms with Crippen molar-refractivity contribution in [3.05, 3.63) is 58.1 Å². The molecule has 112 valence electrons. The Kier molecular flexibility index (Phi) is 4.11. The van der Waals surface area contributed by atoms with Crippen molar-refractivity contribution in [2.45, 2.75) is 18.5 Å². The average molecular weight is 313 g/mol. The van der Waals surface area contributed by atoms with Crippen LogP contribution in [0.3, 0.4) is 0 Å². The molecule has 0 bridgehead atoms. The monoisotopic (exact) mass is 313 g/mol. The third kappa shape index (κ3) is 2.96. The molecule has 3 rings (SSSR count). The summed E-state index contributed by atoms with van der Waals surface area (Å²) in [5, 5.41) is 1.40. The number of benzene rings is 1. The van der Waals surface area contributed by atoms with E-state index in [0.717, 1.165) is 16.6 Å². The molecule has 0 amide bonds. The van der Waals surface area contributed by atoms with Crippen LogP contribution in [0.25, 0.3) is 10.9 Å². The highest BCUT2D eigenvalue weighted by Gasteiger charge is 2.13. The van der Waals surface area contributed by atoms with Gasteiger partial charge in [0.05, 0.1) is 5.75 Å². The van der Waals surface area contributed by atoms with E-state index < -0.39 is 0 Å². The lowest BCUT2D eigenvalue weighted by Crippen LogP contribution is -2.11. The van der Waals surface area contributed by atoms with Crippen LogP contribution in [0.15, 0.2) is 46.5 Å². The Labute approximate surface area is 131 Å². The van der Waals surface area contributed by atoms with Gasteiger partial charge in [-0.25, -0.2) is 4.98 Å². The zero-order valence-corrected chi connectivity index (χ0v) is 12.9. The predicted molar refractivity (Wildman–Crippen MR) is 87.6 cm³/mol. The zero-order valence-electron chi connectivity index (χ0n) is 12.1. The lowest BCUT2D eigenvalue weighted by Gasteiger charge is -2.02. The van der Waals surface area contributed by atoms with Gasteiger partial charge in [0.1, 0.15) is 0 Å². The summed E-state index contributed by atoms with van der Waals surface area (Å²) in [7, 11) is 0. The minimum atomic E-state index is -0.186. The van der Waals surface area contributed by atoms with Crippen molar-refractivity contribution < 1.29 is 4.79 Å². The van der Waals surface area contributed by atoms with Crippen LogP contribution in [-0.2, 0) is 6.42 Å². The molecule has 0 saturated carbocycles. The van der Waals surface area contributed by atoms with Gasteiger partial charge < -0.3 is 9.97 Å². The minimum absolute atomic E-state index is 0.00648. The molecule has 0 radical (unpaired) electrons. The van der Waals surface area contributed by atoms with E-state index >= 15 is 0 Å². The highest BCUT2D eigenvalue weighted by molar-refractivity contribution is 7.99. The summed E-state index contributed by atoms with van der Waals surface area (Å²) in [5.41, 5.74) is 2.15. The number of hydrogen-bond acceptors (Lipinski definition) is 4. The number of para-hydroxylation sites is 1. The number of carbonyl (C=O) groups excluding carboxylic acids is 1. The maximum atomic E-state index is 12.4. The van der Waals surface area contributed by atoms with Crippen molar-refractivity contribution in [2.24, 2.45) is 0 Å². The second-order valence-corrected chi connectivity index (χ2v) is 5.82. The first-order chi connectivity index (χ1) is 10.7. The average Bonchev–Trinajstić information content (AvgIpc) is 2.96. The van der Waals surface area contributed by atoms with E-state index in [2.05, 4.69) is 15.0 Å². The summed E-state index contributed by atoms with van der Waals surface area (Å²) in [4.78, 5) is 34.0. The van der Waals surface area contributed by atoms with E-state index in [-0.39, 0.29) is 17.1 Å². The standard InChI is InChI=1S/C16H15N3O2S/c1-2-10-7-15(21)19-16(18-10)22-9-14(20)12-8-17-13-6-4-3-5-11(12)13/h3-8,17H,2,9H2,1H3,(H,18,19,21). The molecule has 2 heterocycles. The van der Waals surface area contributed by atoms with E-state index in [4.69, 9.17) is 0 Å². The molecule has 2 aromatic heterocycles. The summed E-state index contributed by atoms with van der Waals surface area (Å²) in [6.45, 7) is 1.94. The summed E-state index contributed by atoms with van der Waals surface area (Å²) < 4.78 is 0. The summed E-state index contributed by atoms with van der Waals surface area (Å²) in [6.07, 6.45) is 2.42. The molecule has 0 aliphatic rings. The number of carbonyl (C=O) groups is 1. The first-order valence-corrected chi connectivity index (χ1v) is 7.98. The van der Waals surface area contributed by atoms with Gasteiger partial charge in [0.15, 0.2) is 10.9 Å². The fourth-order valence-electron chi connectivity index (χ4n) is 2.25. The van der Waals surface area contributed by atoms with Crippen LogP contribution in [-0.4, -0.2) is 26.5 Å². The Morgan fingerprint density at radius 1 is 1.32 bits per heavy atom. The molecule has 5 nitrogen and oxygen atoms in total. The van der Waals surface area contributed by atoms with Crippen LogP contribution in [0, 0.1) is 0 Å². The molecule has 0 fully saturated rings. The third-order valence-electron chi connectivity index (χ3n) is 3.36. The number of Topliss-reactive ketones (excluding diaryl/α,β-unsaturated/α-hetero) is 1. The normalized spacial score (nSPS) is 11.0. The Balaban J connectivity index is 1.78. The van der Waals surface area contributed by atoms with E-state index in [1.807, 2.05) is 31.2 Å². The van der Waals surface area contributed by atoms with Crippen LogP contribution in [0.4, 0.5) is 0 Å². The number of H-pyrrole nitrogens is 2. The molecular weight excluding hydrogens is 298 g/mol. The topological polar surface area (TPSA) is 78.6 Å². The quantitative estimate of drug-likeness (QED) is 0.431. The second kappa shape index (κ2) is 6.19. The second-order valence-electron chi connectivity index (χ2n) is 4.86. The molecule has 0 atom stereocenters. The van der Waals surface area contributed by atoms with E-state index in [9.17, 15) is 9.59 Å². The molecular formula is C16H15N3O2S. The van der Waals surface area contributed by atoms with Crippen molar-refractivity contribution in [1.29, 1.82) is 0 Å². The van der Waals surface area contributed by atoms with E-state index in [0.29, 0.717) is 17.1 Å². The van der Waals surface area contributed by atoms with Crippen molar-refractivity contribution >= 4 is 28.4 Å². The fraction of sp³-hybridized carbons (Fsp3) is 0.188. The van der Waals surface area contributed by atoms with Gasteiger partial charge in [0, 0.05) is 34.4 Å². The first-order valence-electron chi connectivity index (χ1n) is 6.99. The minimum Gasteiger partial charge on any atom is -0.360 e. The van der Waals surface area contributed by atoms with Crippen molar-refractivity contribution in [2.75, 3.05) is 5.75 Å².